The second-order valence-corrected chi connectivity index (χ2v) is 4.17. The van der Waals surface area contributed by atoms with E-state index in [9.17, 15) is 0 Å². The first-order valence-corrected chi connectivity index (χ1v) is 5.54. The summed E-state index contributed by atoms with van der Waals surface area (Å²) in [6.07, 6.45) is 5.19. The Balaban J connectivity index is 2.09. The number of imidazole rings is 1. The van der Waals surface area contributed by atoms with Gasteiger partial charge in [0.05, 0.1) is 17.5 Å². The largest absolute Gasteiger partial charge is 0.315 e. The van der Waals surface area contributed by atoms with E-state index in [2.05, 4.69) is 40.0 Å². The van der Waals surface area contributed by atoms with Gasteiger partial charge < -0.3 is 9.72 Å². The molecule has 2 aromatic heterocycles. The molecule has 3 heterocycles. The Bertz CT molecular complexity index is 483. The van der Waals surface area contributed by atoms with Crippen LogP contribution in [-0.4, -0.2) is 22.5 Å². The predicted octanol–water partition coefficient (Wildman–Crippen LogP) is 1.58. The maximum absolute atomic E-state index is 4.52. The third-order valence-electron chi connectivity index (χ3n) is 3.20. The molecule has 1 saturated heterocycles. The molecule has 3 nitrogen and oxygen atoms in total. The molecule has 3 heteroatoms. The van der Waals surface area contributed by atoms with Crippen molar-refractivity contribution >= 4 is 5.52 Å². The molecule has 1 fully saturated rings. The number of hydrogen-bond donors (Lipinski definition) is 1. The smallest absolute Gasteiger partial charge is 0.0995 e. The first-order valence-electron chi connectivity index (χ1n) is 5.54. The van der Waals surface area contributed by atoms with Crippen molar-refractivity contribution in [3.63, 3.8) is 0 Å². The van der Waals surface area contributed by atoms with Crippen molar-refractivity contribution in [2.75, 3.05) is 13.1 Å². The van der Waals surface area contributed by atoms with Gasteiger partial charge in [-0.3, -0.25) is 0 Å². The minimum Gasteiger partial charge on any atom is -0.315 e. The summed E-state index contributed by atoms with van der Waals surface area (Å²) < 4.78 is 2.15. The molecule has 0 atom stereocenters. The van der Waals surface area contributed by atoms with E-state index in [1.165, 1.54) is 16.8 Å². The van der Waals surface area contributed by atoms with E-state index in [1.54, 1.807) is 0 Å². The Hall–Kier alpha value is -1.35. The minimum absolute atomic E-state index is 0.613. The van der Waals surface area contributed by atoms with E-state index >= 15 is 0 Å². The molecule has 1 aliphatic rings. The highest BCUT2D eigenvalue weighted by molar-refractivity contribution is 5.54. The molecule has 78 valence electrons. The zero-order valence-electron chi connectivity index (χ0n) is 8.90. The van der Waals surface area contributed by atoms with E-state index in [0.717, 1.165) is 19.5 Å². The molecule has 0 unspecified atom stereocenters. The quantitative estimate of drug-likeness (QED) is 0.799. The highest BCUT2D eigenvalue weighted by atomic mass is 15.0. The molecule has 0 aliphatic carbocycles. The number of nitrogens with one attached hydrogen (secondary N) is 1. The lowest BCUT2D eigenvalue weighted by atomic mass is 9.98. The molecule has 0 spiro atoms. The van der Waals surface area contributed by atoms with Gasteiger partial charge in [-0.2, -0.15) is 0 Å². The maximum atomic E-state index is 4.52. The summed E-state index contributed by atoms with van der Waals surface area (Å²) in [5, 5.41) is 3.29. The SMILES string of the molecule is CCc1ccc2c(C3CNC3)ncn2c1. The summed E-state index contributed by atoms with van der Waals surface area (Å²) in [5.74, 6) is 0.613. The van der Waals surface area contributed by atoms with Crippen LogP contribution < -0.4 is 5.32 Å². The van der Waals surface area contributed by atoms with E-state index in [4.69, 9.17) is 0 Å². The zero-order chi connectivity index (χ0) is 10.3. The molecule has 2 aromatic rings. The normalized spacial score (nSPS) is 16.9. The number of aromatic nitrogens is 2. The Morgan fingerprint density at radius 2 is 2.33 bits per heavy atom. The van der Waals surface area contributed by atoms with Gasteiger partial charge in [0.15, 0.2) is 0 Å². The van der Waals surface area contributed by atoms with Crippen LogP contribution >= 0.6 is 0 Å². The van der Waals surface area contributed by atoms with Crippen LogP contribution in [-0.2, 0) is 6.42 Å². The topological polar surface area (TPSA) is 29.3 Å². The van der Waals surface area contributed by atoms with Crippen LogP contribution in [0.4, 0.5) is 0 Å². The van der Waals surface area contributed by atoms with Crippen molar-refractivity contribution in [2.24, 2.45) is 0 Å². The van der Waals surface area contributed by atoms with Crippen molar-refractivity contribution in [1.29, 1.82) is 0 Å². The van der Waals surface area contributed by atoms with E-state index in [0.29, 0.717) is 5.92 Å². The van der Waals surface area contributed by atoms with Gasteiger partial charge in [-0.25, -0.2) is 4.98 Å². The number of aryl methyl sites for hydroxylation is 1. The van der Waals surface area contributed by atoms with Crippen LogP contribution in [0.5, 0.6) is 0 Å². The molecule has 0 radical (unpaired) electrons. The van der Waals surface area contributed by atoms with Crippen LogP contribution in [0.25, 0.3) is 5.52 Å². The van der Waals surface area contributed by atoms with Crippen molar-refractivity contribution < 1.29 is 0 Å². The summed E-state index contributed by atoms with van der Waals surface area (Å²) in [5.41, 5.74) is 3.87. The zero-order valence-corrected chi connectivity index (χ0v) is 8.90. The van der Waals surface area contributed by atoms with Gasteiger partial charge in [-0.05, 0) is 18.1 Å². The lowest BCUT2D eigenvalue weighted by Gasteiger charge is -2.25. The molecular weight excluding hydrogens is 186 g/mol. The molecular formula is C12H15N3. The second-order valence-electron chi connectivity index (χ2n) is 4.17. The first-order chi connectivity index (χ1) is 7.38. The summed E-state index contributed by atoms with van der Waals surface area (Å²) >= 11 is 0. The number of hydrogen-bond acceptors (Lipinski definition) is 2. The predicted molar refractivity (Wildman–Crippen MR) is 60.2 cm³/mol. The molecule has 0 amide bonds. The third-order valence-corrected chi connectivity index (χ3v) is 3.20. The van der Waals surface area contributed by atoms with E-state index < -0.39 is 0 Å². The van der Waals surface area contributed by atoms with Gasteiger partial charge in [-0.1, -0.05) is 13.0 Å². The van der Waals surface area contributed by atoms with Crippen LogP contribution in [0.1, 0.15) is 24.1 Å². The lowest BCUT2D eigenvalue weighted by Crippen LogP contribution is -2.40. The summed E-state index contributed by atoms with van der Waals surface area (Å²) in [4.78, 5) is 4.52. The van der Waals surface area contributed by atoms with Gasteiger partial charge in [-0.15, -0.1) is 0 Å². The monoisotopic (exact) mass is 201 g/mol. The van der Waals surface area contributed by atoms with Crippen LogP contribution in [0.3, 0.4) is 0 Å². The lowest BCUT2D eigenvalue weighted by molar-refractivity contribution is 0.443. The number of nitrogens with zero attached hydrogens (tertiary/aromatic N) is 2. The molecule has 0 saturated carbocycles. The molecule has 15 heavy (non-hydrogen) atoms. The second kappa shape index (κ2) is 3.35. The standard InChI is InChI=1S/C12H15N3/c1-2-9-3-4-11-12(10-5-13-6-10)14-8-15(11)7-9/h3-4,7-8,10,13H,2,5-6H2,1H3. The van der Waals surface area contributed by atoms with Crippen molar-refractivity contribution in [3.8, 4) is 0 Å². The number of fused-ring (bicyclic) bond motifs is 1. The minimum atomic E-state index is 0.613. The Kier molecular flexibility index (Phi) is 1.99. The highest BCUT2D eigenvalue weighted by Gasteiger charge is 2.22. The van der Waals surface area contributed by atoms with Crippen LogP contribution in [0.15, 0.2) is 24.7 Å². The van der Waals surface area contributed by atoms with Crippen molar-refractivity contribution in [3.05, 3.63) is 35.9 Å². The van der Waals surface area contributed by atoms with Crippen molar-refractivity contribution in [2.45, 2.75) is 19.3 Å². The fraction of sp³-hybridized carbons (Fsp3) is 0.417. The Morgan fingerprint density at radius 3 is 3.00 bits per heavy atom. The maximum Gasteiger partial charge on any atom is 0.0995 e. The summed E-state index contributed by atoms with van der Waals surface area (Å²) in [6, 6.07) is 4.39. The Labute approximate surface area is 89.1 Å². The van der Waals surface area contributed by atoms with Crippen molar-refractivity contribution in [1.82, 2.24) is 14.7 Å². The molecule has 3 rings (SSSR count). The first kappa shape index (κ1) is 8.92. The molecule has 0 bridgehead atoms. The molecule has 1 aliphatic heterocycles. The van der Waals surface area contributed by atoms with Gasteiger partial charge in [0.25, 0.3) is 0 Å². The third kappa shape index (κ3) is 1.35. The average molecular weight is 201 g/mol. The van der Waals surface area contributed by atoms with Gasteiger partial charge >= 0.3 is 0 Å². The number of rotatable bonds is 2. The fourth-order valence-electron chi connectivity index (χ4n) is 2.07. The van der Waals surface area contributed by atoms with Gasteiger partial charge in [0.2, 0.25) is 0 Å². The van der Waals surface area contributed by atoms with E-state index in [1.807, 2.05) is 6.33 Å². The van der Waals surface area contributed by atoms with Gasteiger partial charge in [0, 0.05) is 25.2 Å². The Morgan fingerprint density at radius 1 is 1.47 bits per heavy atom. The number of pyridine rings is 1. The van der Waals surface area contributed by atoms with Crippen LogP contribution in [0.2, 0.25) is 0 Å². The van der Waals surface area contributed by atoms with Crippen LogP contribution in [0, 0.1) is 0 Å². The summed E-state index contributed by atoms with van der Waals surface area (Å²) in [6.45, 7) is 4.32. The fourth-order valence-corrected chi connectivity index (χ4v) is 2.07. The molecule has 0 aromatic carbocycles. The molecule has 1 N–H and O–H groups in total. The van der Waals surface area contributed by atoms with Gasteiger partial charge in [0.1, 0.15) is 0 Å². The highest BCUT2D eigenvalue weighted by Crippen LogP contribution is 2.23. The summed E-state index contributed by atoms with van der Waals surface area (Å²) in [7, 11) is 0. The van der Waals surface area contributed by atoms with E-state index in [-0.39, 0.29) is 0 Å². The average Bonchev–Trinajstić information content (AvgIpc) is 2.59.